The highest BCUT2D eigenvalue weighted by Gasteiger charge is 2.39. The Balaban J connectivity index is 1.85. The molecule has 0 saturated heterocycles. The van der Waals surface area contributed by atoms with Gasteiger partial charge in [0.15, 0.2) is 5.82 Å². The van der Waals surface area contributed by atoms with E-state index in [1.165, 1.54) is 4.68 Å². The second-order valence-corrected chi connectivity index (χ2v) is 8.01. The highest BCUT2D eigenvalue weighted by Crippen LogP contribution is 2.31. The van der Waals surface area contributed by atoms with Gasteiger partial charge in [-0.3, -0.25) is 9.59 Å². The second kappa shape index (κ2) is 6.10. The van der Waals surface area contributed by atoms with Crippen LogP contribution >= 0.6 is 22.6 Å². The van der Waals surface area contributed by atoms with Gasteiger partial charge in [-0.05, 0) is 42.4 Å². The quantitative estimate of drug-likeness (QED) is 0.674. The number of nitrogens with zero attached hydrogens (tertiary/aromatic N) is 4. The highest BCUT2D eigenvalue weighted by molar-refractivity contribution is 14.1. The van der Waals surface area contributed by atoms with Gasteiger partial charge < -0.3 is 10.4 Å². The summed E-state index contributed by atoms with van der Waals surface area (Å²) in [6.07, 6.45) is 1.05. The van der Waals surface area contributed by atoms with Gasteiger partial charge in [-0.2, -0.15) is 10.2 Å². The topological polar surface area (TPSA) is 102 Å². The SMILES string of the molecule is CC(C)c1nn(CC(=O)NC2CC(C)(O)C2)c(=O)c2cc(I)nn12. The Morgan fingerprint density at radius 3 is 2.75 bits per heavy atom. The van der Waals surface area contributed by atoms with E-state index in [1.54, 1.807) is 17.5 Å². The third-order valence-corrected chi connectivity index (χ3v) is 4.65. The average molecular weight is 445 g/mol. The van der Waals surface area contributed by atoms with E-state index in [0.29, 0.717) is 27.9 Å². The summed E-state index contributed by atoms with van der Waals surface area (Å²) in [7, 11) is 0. The fraction of sp³-hybridized carbons (Fsp3) is 0.600. The molecule has 2 N–H and O–H groups in total. The number of aliphatic hydroxyl groups is 1. The van der Waals surface area contributed by atoms with Crippen LogP contribution in [-0.4, -0.2) is 42.1 Å². The zero-order valence-corrected chi connectivity index (χ0v) is 15.9. The number of hydrogen-bond acceptors (Lipinski definition) is 5. The van der Waals surface area contributed by atoms with Crippen LogP contribution in [0.15, 0.2) is 10.9 Å². The van der Waals surface area contributed by atoms with Crippen molar-refractivity contribution >= 4 is 34.0 Å². The zero-order valence-electron chi connectivity index (χ0n) is 13.8. The number of hydrogen-bond donors (Lipinski definition) is 2. The van der Waals surface area contributed by atoms with Crippen molar-refractivity contribution in [1.82, 2.24) is 24.7 Å². The monoisotopic (exact) mass is 445 g/mol. The van der Waals surface area contributed by atoms with Crippen molar-refractivity contribution in [2.45, 2.75) is 57.7 Å². The number of halogens is 1. The molecule has 0 atom stereocenters. The molecule has 0 bridgehead atoms. The third-order valence-electron chi connectivity index (χ3n) is 4.12. The first-order valence-electron chi connectivity index (χ1n) is 7.84. The van der Waals surface area contributed by atoms with Gasteiger partial charge in [0.25, 0.3) is 5.56 Å². The molecule has 0 spiro atoms. The van der Waals surface area contributed by atoms with Crippen LogP contribution in [0, 0.1) is 3.70 Å². The lowest BCUT2D eigenvalue weighted by atomic mass is 9.77. The molecule has 24 heavy (non-hydrogen) atoms. The van der Waals surface area contributed by atoms with Crippen LogP contribution in [0.1, 0.15) is 45.4 Å². The maximum atomic E-state index is 12.5. The van der Waals surface area contributed by atoms with E-state index in [2.05, 4.69) is 15.5 Å². The van der Waals surface area contributed by atoms with Gasteiger partial charge in [0, 0.05) is 18.0 Å². The highest BCUT2D eigenvalue weighted by atomic mass is 127. The van der Waals surface area contributed by atoms with E-state index < -0.39 is 5.60 Å². The summed E-state index contributed by atoms with van der Waals surface area (Å²) < 4.78 is 3.44. The normalized spacial score (nSPS) is 23.5. The van der Waals surface area contributed by atoms with Crippen molar-refractivity contribution in [2.24, 2.45) is 0 Å². The molecule has 1 amide bonds. The first-order chi connectivity index (χ1) is 11.2. The van der Waals surface area contributed by atoms with E-state index in [4.69, 9.17) is 0 Å². The predicted octanol–water partition coefficient (Wildman–Crippen LogP) is 0.649. The van der Waals surface area contributed by atoms with E-state index in [1.807, 2.05) is 36.4 Å². The number of aromatic nitrogens is 4. The smallest absolute Gasteiger partial charge is 0.293 e. The number of amides is 1. The number of nitrogens with one attached hydrogen (secondary N) is 1. The van der Waals surface area contributed by atoms with Crippen molar-refractivity contribution < 1.29 is 9.90 Å². The number of carbonyl (C=O) groups is 1. The summed E-state index contributed by atoms with van der Waals surface area (Å²) in [5.74, 6) is 0.408. The van der Waals surface area contributed by atoms with E-state index in [9.17, 15) is 14.7 Å². The van der Waals surface area contributed by atoms with E-state index >= 15 is 0 Å². The molecule has 0 aromatic carbocycles. The molecular formula is C15H20IN5O3. The number of rotatable bonds is 4. The molecule has 1 aliphatic rings. The first kappa shape index (κ1) is 17.3. The molecule has 8 nitrogen and oxygen atoms in total. The molecule has 0 radical (unpaired) electrons. The Bertz CT molecular complexity index is 847. The van der Waals surface area contributed by atoms with Crippen molar-refractivity contribution in [3.8, 4) is 0 Å². The van der Waals surface area contributed by atoms with Crippen molar-refractivity contribution in [2.75, 3.05) is 0 Å². The second-order valence-electron chi connectivity index (χ2n) is 6.91. The van der Waals surface area contributed by atoms with Gasteiger partial charge in [0.2, 0.25) is 5.91 Å². The van der Waals surface area contributed by atoms with Crippen molar-refractivity contribution in [3.63, 3.8) is 0 Å². The van der Waals surface area contributed by atoms with Gasteiger partial charge in [0.1, 0.15) is 15.8 Å². The van der Waals surface area contributed by atoms with Gasteiger partial charge in [-0.1, -0.05) is 13.8 Å². The molecule has 3 rings (SSSR count). The van der Waals surface area contributed by atoms with Crippen LogP contribution in [0.4, 0.5) is 0 Å². The molecule has 1 aliphatic carbocycles. The minimum absolute atomic E-state index is 0.0487. The Labute approximate surface area is 152 Å². The number of fused-ring (bicyclic) bond motifs is 1. The summed E-state index contributed by atoms with van der Waals surface area (Å²) in [5.41, 5.74) is -0.631. The standard InChI is InChI=1S/C15H20IN5O3/c1-8(2)13-19-20(14(23)10-4-11(16)18-21(10)13)7-12(22)17-9-5-15(3,24)6-9/h4,8-9,24H,5-7H2,1-3H3,(H,17,22). The minimum atomic E-state index is -0.703. The third kappa shape index (κ3) is 3.32. The minimum Gasteiger partial charge on any atom is -0.390 e. The molecule has 2 aromatic heterocycles. The Kier molecular flexibility index (Phi) is 4.41. The fourth-order valence-electron chi connectivity index (χ4n) is 3.00. The number of carbonyl (C=O) groups excluding carboxylic acids is 1. The lowest BCUT2D eigenvalue weighted by molar-refractivity contribution is -0.125. The van der Waals surface area contributed by atoms with Gasteiger partial charge in [-0.25, -0.2) is 9.20 Å². The Morgan fingerprint density at radius 2 is 2.17 bits per heavy atom. The van der Waals surface area contributed by atoms with E-state index in [0.717, 1.165) is 0 Å². The lowest BCUT2D eigenvalue weighted by Gasteiger charge is -2.41. The Hall–Kier alpha value is -1.49. The summed E-state index contributed by atoms with van der Waals surface area (Å²) in [4.78, 5) is 24.7. The average Bonchev–Trinajstić information content (AvgIpc) is 2.81. The Morgan fingerprint density at radius 1 is 1.50 bits per heavy atom. The van der Waals surface area contributed by atoms with E-state index in [-0.39, 0.29) is 30.0 Å². The van der Waals surface area contributed by atoms with Crippen LogP contribution < -0.4 is 10.9 Å². The molecule has 2 heterocycles. The summed E-state index contributed by atoms with van der Waals surface area (Å²) in [5, 5.41) is 21.2. The largest absolute Gasteiger partial charge is 0.390 e. The molecule has 1 saturated carbocycles. The molecule has 0 aliphatic heterocycles. The van der Waals surface area contributed by atoms with Crippen LogP contribution in [0.25, 0.3) is 5.52 Å². The van der Waals surface area contributed by atoms with Gasteiger partial charge in [0.05, 0.1) is 5.60 Å². The van der Waals surface area contributed by atoms with Crippen LogP contribution in [-0.2, 0) is 11.3 Å². The van der Waals surface area contributed by atoms with Crippen molar-refractivity contribution in [3.05, 3.63) is 25.9 Å². The molecule has 9 heteroatoms. The van der Waals surface area contributed by atoms with Crippen LogP contribution in [0.5, 0.6) is 0 Å². The summed E-state index contributed by atoms with van der Waals surface area (Å²) >= 11 is 2.05. The molecule has 0 unspecified atom stereocenters. The molecule has 130 valence electrons. The maximum absolute atomic E-state index is 12.5. The molecule has 2 aromatic rings. The van der Waals surface area contributed by atoms with Crippen LogP contribution in [0.2, 0.25) is 0 Å². The fourth-order valence-corrected chi connectivity index (χ4v) is 3.51. The van der Waals surface area contributed by atoms with Crippen LogP contribution in [0.3, 0.4) is 0 Å². The zero-order chi connectivity index (χ0) is 17.6. The summed E-state index contributed by atoms with van der Waals surface area (Å²) in [6, 6.07) is 1.64. The molecular weight excluding hydrogens is 425 g/mol. The van der Waals surface area contributed by atoms with Crippen molar-refractivity contribution in [1.29, 1.82) is 0 Å². The molecule has 1 fully saturated rings. The van der Waals surface area contributed by atoms with Gasteiger partial charge in [-0.15, -0.1) is 0 Å². The maximum Gasteiger partial charge on any atom is 0.293 e. The summed E-state index contributed by atoms with van der Waals surface area (Å²) in [6.45, 7) is 5.52. The lowest BCUT2D eigenvalue weighted by Crippen LogP contribution is -2.54. The van der Waals surface area contributed by atoms with Gasteiger partial charge >= 0.3 is 0 Å². The predicted molar refractivity (Wildman–Crippen MR) is 95.8 cm³/mol. The first-order valence-corrected chi connectivity index (χ1v) is 8.92.